The van der Waals surface area contributed by atoms with Crippen LogP contribution in [0.25, 0.3) is 5.76 Å². The number of rotatable bonds is 4. The SMILES string of the molecule is O=C1C(=O)N(Cc2ccccc2)[C@@H](c2ccc(Cl)c(Cl)c2)/C1=C(\O)c1ccc2c(c1)OCCO2. The molecule has 1 fully saturated rings. The summed E-state index contributed by atoms with van der Waals surface area (Å²) < 4.78 is 11.2. The van der Waals surface area contributed by atoms with Crippen molar-refractivity contribution in [2.75, 3.05) is 13.2 Å². The Morgan fingerprint density at radius 2 is 1.65 bits per heavy atom. The van der Waals surface area contributed by atoms with Gasteiger partial charge in [-0.2, -0.15) is 0 Å². The summed E-state index contributed by atoms with van der Waals surface area (Å²) in [6, 6.07) is 18.3. The van der Waals surface area contributed by atoms with Gasteiger partial charge in [-0.05, 0) is 41.5 Å². The van der Waals surface area contributed by atoms with Crippen molar-refractivity contribution >= 4 is 40.7 Å². The molecule has 2 aliphatic rings. The molecule has 0 radical (unpaired) electrons. The Hall–Kier alpha value is -3.48. The number of hydrogen-bond acceptors (Lipinski definition) is 5. The number of aliphatic hydroxyl groups excluding tert-OH is 1. The second-order valence-corrected chi connectivity index (χ2v) is 8.76. The summed E-state index contributed by atoms with van der Waals surface area (Å²) in [5.41, 5.74) is 1.71. The summed E-state index contributed by atoms with van der Waals surface area (Å²) in [4.78, 5) is 27.8. The van der Waals surface area contributed by atoms with Crippen molar-refractivity contribution in [3.05, 3.63) is 99.0 Å². The van der Waals surface area contributed by atoms with Crippen molar-refractivity contribution in [1.82, 2.24) is 4.90 Å². The van der Waals surface area contributed by atoms with Crippen LogP contribution in [0.3, 0.4) is 0 Å². The second kappa shape index (κ2) is 9.05. The smallest absolute Gasteiger partial charge is 0.295 e. The molecule has 1 N–H and O–H groups in total. The molecule has 1 saturated heterocycles. The van der Waals surface area contributed by atoms with Crippen LogP contribution in [0, 0.1) is 0 Å². The molecule has 0 unspecified atom stereocenters. The number of nitrogens with zero attached hydrogens (tertiary/aromatic N) is 1. The fourth-order valence-corrected chi connectivity index (χ4v) is 4.50. The number of likely N-dealkylation sites (tertiary alicyclic amines) is 1. The fraction of sp³-hybridized carbons (Fsp3) is 0.154. The average molecular weight is 496 g/mol. The zero-order valence-corrected chi connectivity index (χ0v) is 19.3. The zero-order chi connectivity index (χ0) is 23.8. The third-order valence-corrected chi connectivity index (χ3v) is 6.55. The maximum Gasteiger partial charge on any atom is 0.295 e. The topological polar surface area (TPSA) is 76.1 Å². The molecule has 1 amide bonds. The number of hydrogen-bond donors (Lipinski definition) is 1. The van der Waals surface area contributed by atoms with E-state index in [1.807, 2.05) is 30.3 Å². The van der Waals surface area contributed by atoms with Gasteiger partial charge >= 0.3 is 0 Å². The van der Waals surface area contributed by atoms with Gasteiger partial charge in [-0.25, -0.2) is 0 Å². The molecule has 6 nitrogen and oxygen atoms in total. The highest BCUT2D eigenvalue weighted by atomic mass is 35.5. The van der Waals surface area contributed by atoms with Gasteiger partial charge < -0.3 is 19.5 Å². The molecule has 8 heteroatoms. The first-order chi connectivity index (χ1) is 16.4. The summed E-state index contributed by atoms with van der Waals surface area (Å²) in [5, 5.41) is 11.9. The number of Topliss-reactive ketones (excluding diaryl/α,β-unsaturated/α-hetero) is 1. The van der Waals surface area contributed by atoms with Crippen LogP contribution in [0.1, 0.15) is 22.7 Å². The predicted octanol–water partition coefficient (Wildman–Crippen LogP) is 5.39. The molecular weight excluding hydrogens is 477 g/mol. The van der Waals surface area contributed by atoms with E-state index in [0.717, 1.165) is 5.56 Å². The van der Waals surface area contributed by atoms with E-state index in [1.54, 1.807) is 36.4 Å². The lowest BCUT2D eigenvalue weighted by atomic mass is 9.95. The molecular formula is C26H19Cl2NO5. The first-order valence-electron chi connectivity index (χ1n) is 10.6. The summed E-state index contributed by atoms with van der Waals surface area (Å²) >= 11 is 12.4. The van der Waals surface area contributed by atoms with E-state index in [2.05, 4.69) is 0 Å². The van der Waals surface area contributed by atoms with Gasteiger partial charge in [0.05, 0.1) is 21.7 Å². The van der Waals surface area contributed by atoms with Gasteiger partial charge in [0.15, 0.2) is 11.5 Å². The van der Waals surface area contributed by atoms with Crippen molar-refractivity contribution in [3.63, 3.8) is 0 Å². The van der Waals surface area contributed by atoms with E-state index in [1.165, 1.54) is 4.90 Å². The molecule has 2 aliphatic heterocycles. The molecule has 2 heterocycles. The molecule has 0 saturated carbocycles. The van der Waals surface area contributed by atoms with Crippen LogP contribution < -0.4 is 9.47 Å². The molecule has 0 spiro atoms. The second-order valence-electron chi connectivity index (χ2n) is 7.94. The van der Waals surface area contributed by atoms with E-state index < -0.39 is 17.7 Å². The number of carbonyl (C=O) groups is 2. The van der Waals surface area contributed by atoms with Gasteiger partial charge in [-0.3, -0.25) is 9.59 Å². The van der Waals surface area contributed by atoms with E-state index >= 15 is 0 Å². The highest BCUT2D eigenvalue weighted by Gasteiger charge is 2.46. The monoisotopic (exact) mass is 495 g/mol. The Kier molecular flexibility index (Phi) is 5.94. The van der Waals surface area contributed by atoms with E-state index in [9.17, 15) is 14.7 Å². The van der Waals surface area contributed by atoms with Crippen LogP contribution in [-0.4, -0.2) is 34.9 Å². The lowest BCUT2D eigenvalue weighted by Gasteiger charge is -2.26. The third-order valence-electron chi connectivity index (χ3n) is 5.81. The van der Waals surface area contributed by atoms with Crippen LogP contribution in [-0.2, 0) is 16.1 Å². The largest absolute Gasteiger partial charge is 0.507 e. The van der Waals surface area contributed by atoms with Gasteiger partial charge in [0.1, 0.15) is 19.0 Å². The Labute approximate surface area is 205 Å². The molecule has 0 aliphatic carbocycles. The lowest BCUT2D eigenvalue weighted by molar-refractivity contribution is -0.140. The normalized spacial score (nSPS) is 18.9. The minimum Gasteiger partial charge on any atom is -0.507 e. The van der Waals surface area contributed by atoms with Crippen LogP contribution >= 0.6 is 23.2 Å². The van der Waals surface area contributed by atoms with Crippen molar-refractivity contribution < 1.29 is 24.2 Å². The van der Waals surface area contributed by atoms with Crippen molar-refractivity contribution in [2.24, 2.45) is 0 Å². The Morgan fingerprint density at radius 1 is 0.912 bits per heavy atom. The van der Waals surface area contributed by atoms with Crippen LogP contribution in [0.5, 0.6) is 11.5 Å². The van der Waals surface area contributed by atoms with Crippen molar-refractivity contribution in [1.29, 1.82) is 0 Å². The summed E-state index contributed by atoms with van der Waals surface area (Å²) in [5.74, 6) is -0.784. The Morgan fingerprint density at radius 3 is 2.38 bits per heavy atom. The number of benzene rings is 3. The minimum atomic E-state index is -0.858. The first-order valence-corrected chi connectivity index (χ1v) is 11.4. The number of fused-ring (bicyclic) bond motifs is 1. The predicted molar refractivity (Wildman–Crippen MR) is 128 cm³/mol. The van der Waals surface area contributed by atoms with E-state index in [-0.39, 0.29) is 22.9 Å². The van der Waals surface area contributed by atoms with Crippen LogP contribution in [0.15, 0.2) is 72.3 Å². The molecule has 172 valence electrons. The molecule has 34 heavy (non-hydrogen) atoms. The number of carbonyl (C=O) groups excluding carboxylic acids is 2. The number of ether oxygens (including phenoxy) is 2. The molecule has 3 aromatic rings. The Bertz CT molecular complexity index is 1320. The summed E-state index contributed by atoms with van der Waals surface area (Å²) in [6.45, 7) is 0.983. The first kappa shape index (κ1) is 22.3. The van der Waals surface area contributed by atoms with Gasteiger partial charge in [0, 0.05) is 12.1 Å². The summed E-state index contributed by atoms with van der Waals surface area (Å²) in [7, 11) is 0. The fourth-order valence-electron chi connectivity index (χ4n) is 4.20. The molecule has 0 bridgehead atoms. The van der Waals surface area contributed by atoms with Gasteiger partial charge in [-0.15, -0.1) is 0 Å². The zero-order valence-electron chi connectivity index (χ0n) is 17.8. The van der Waals surface area contributed by atoms with E-state index in [0.29, 0.717) is 40.9 Å². The quantitative estimate of drug-likeness (QED) is 0.298. The van der Waals surface area contributed by atoms with Crippen molar-refractivity contribution in [3.8, 4) is 11.5 Å². The van der Waals surface area contributed by atoms with E-state index in [4.69, 9.17) is 32.7 Å². The van der Waals surface area contributed by atoms with Crippen molar-refractivity contribution in [2.45, 2.75) is 12.6 Å². The maximum atomic E-state index is 13.2. The van der Waals surface area contributed by atoms with Gasteiger partial charge in [0.2, 0.25) is 0 Å². The lowest BCUT2D eigenvalue weighted by Crippen LogP contribution is -2.29. The number of amides is 1. The average Bonchev–Trinajstić information content (AvgIpc) is 3.10. The minimum absolute atomic E-state index is 0.0315. The van der Waals surface area contributed by atoms with Gasteiger partial charge in [-0.1, -0.05) is 59.6 Å². The number of halogens is 2. The molecule has 3 aromatic carbocycles. The van der Waals surface area contributed by atoms with Crippen LogP contribution in [0.4, 0.5) is 0 Å². The molecule has 0 aromatic heterocycles. The third kappa shape index (κ3) is 4.00. The molecule has 5 rings (SSSR count). The number of ketones is 1. The summed E-state index contributed by atoms with van der Waals surface area (Å²) in [6.07, 6.45) is 0. The number of aliphatic hydroxyl groups is 1. The van der Waals surface area contributed by atoms with Gasteiger partial charge in [0.25, 0.3) is 11.7 Å². The highest BCUT2D eigenvalue weighted by Crippen LogP contribution is 2.42. The Balaban J connectivity index is 1.65. The highest BCUT2D eigenvalue weighted by molar-refractivity contribution is 6.46. The van der Waals surface area contributed by atoms with Crippen LogP contribution in [0.2, 0.25) is 10.0 Å². The standard InChI is InChI=1S/C26H19Cl2NO5/c27-18-8-6-16(12-19(18)28)23-22(24(30)17-7-9-20-21(13-17)34-11-10-33-20)25(31)26(32)29(23)14-15-4-2-1-3-5-15/h1-9,12-13,23,30H,10-11,14H2/b24-22+/t23-/m0/s1. The maximum absolute atomic E-state index is 13.2. The molecule has 1 atom stereocenters.